The zero-order chi connectivity index (χ0) is 15.1. The summed E-state index contributed by atoms with van der Waals surface area (Å²) in [6, 6.07) is 6.06. The van der Waals surface area contributed by atoms with Gasteiger partial charge in [0.1, 0.15) is 0 Å². The van der Waals surface area contributed by atoms with Crippen LogP contribution in [0.4, 0.5) is 10.3 Å². The minimum Gasteiger partial charge on any atom is -0.494 e. The van der Waals surface area contributed by atoms with Gasteiger partial charge in [-0.3, -0.25) is 15.6 Å². The molecule has 0 aliphatic carbocycles. The Morgan fingerprint density at radius 1 is 1.33 bits per heavy atom. The number of anilines is 1. The van der Waals surface area contributed by atoms with Crippen LogP contribution in [-0.2, 0) is 4.79 Å². The zero-order valence-electron chi connectivity index (χ0n) is 11.2. The van der Waals surface area contributed by atoms with E-state index in [-0.39, 0.29) is 11.7 Å². The third-order valence-electron chi connectivity index (χ3n) is 2.47. The van der Waals surface area contributed by atoms with E-state index in [0.717, 1.165) is 0 Å². The molecule has 6 nitrogen and oxygen atoms in total. The maximum atomic E-state index is 13.5. The van der Waals surface area contributed by atoms with Gasteiger partial charge in [-0.05, 0) is 29.8 Å². The largest absolute Gasteiger partial charge is 0.494 e. The van der Waals surface area contributed by atoms with E-state index < -0.39 is 11.7 Å². The molecule has 0 unspecified atom stereocenters. The highest BCUT2D eigenvalue weighted by Crippen LogP contribution is 2.18. The lowest BCUT2D eigenvalue weighted by Gasteiger charge is -2.04. The van der Waals surface area contributed by atoms with Crippen molar-refractivity contribution in [2.45, 2.75) is 0 Å². The average molecular weight is 288 g/mol. The molecule has 0 aliphatic heterocycles. The fraction of sp³-hybridized carbons (Fsp3) is 0.0714. The van der Waals surface area contributed by atoms with Crippen LogP contribution in [0.15, 0.2) is 42.7 Å². The van der Waals surface area contributed by atoms with Gasteiger partial charge < -0.3 is 4.74 Å². The van der Waals surface area contributed by atoms with E-state index in [0.29, 0.717) is 5.56 Å². The lowest BCUT2D eigenvalue weighted by molar-refractivity contribution is -0.116. The van der Waals surface area contributed by atoms with Crippen LogP contribution in [-0.4, -0.2) is 23.0 Å². The Morgan fingerprint density at radius 2 is 2.10 bits per heavy atom. The molecule has 0 aliphatic rings. The quantitative estimate of drug-likeness (QED) is 0.648. The Balaban J connectivity index is 1.91. The molecule has 0 radical (unpaired) electrons. The van der Waals surface area contributed by atoms with E-state index in [2.05, 4.69) is 20.8 Å². The van der Waals surface area contributed by atoms with E-state index in [4.69, 9.17) is 4.74 Å². The van der Waals surface area contributed by atoms with Gasteiger partial charge in [-0.15, -0.1) is 0 Å². The second-order valence-corrected chi connectivity index (χ2v) is 3.91. The van der Waals surface area contributed by atoms with Crippen LogP contribution in [0.1, 0.15) is 5.56 Å². The van der Waals surface area contributed by atoms with Crippen molar-refractivity contribution >= 4 is 17.9 Å². The number of halogens is 1. The number of amides is 1. The molecule has 21 heavy (non-hydrogen) atoms. The zero-order valence-corrected chi connectivity index (χ0v) is 11.2. The predicted molar refractivity (Wildman–Crippen MR) is 75.8 cm³/mol. The van der Waals surface area contributed by atoms with Crippen LogP contribution in [0.25, 0.3) is 6.08 Å². The first-order valence-corrected chi connectivity index (χ1v) is 6.03. The third-order valence-corrected chi connectivity index (χ3v) is 2.47. The van der Waals surface area contributed by atoms with Crippen LogP contribution in [0, 0.1) is 5.82 Å². The highest BCUT2D eigenvalue weighted by molar-refractivity contribution is 5.92. The first-order chi connectivity index (χ1) is 10.2. The van der Waals surface area contributed by atoms with Crippen molar-refractivity contribution in [3.63, 3.8) is 0 Å². The monoisotopic (exact) mass is 288 g/mol. The molecule has 0 atom stereocenters. The van der Waals surface area contributed by atoms with Crippen LogP contribution >= 0.6 is 0 Å². The number of nitrogens with zero attached hydrogens (tertiary/aromatic N) is 2. The summed E-state index contributed by atoms with van der Waals surface area (Å²) in [5.74, 6) is -0.483. The minimum atomic E-state index is -0.490. The number of ether oxygens (including phenoxy) is 1. The Labute approximate surface area is 120 Å². The molecule has 0 spiro atoms. The molecule has 2 rings (SSSR count). The summed E-state index contributed by atoms with van der Waals surface area (Å²) in [4.78, 5) is 19.3. The normalized spacial score (nSPS) is 10.4. The second kappa shape index (κ2) is 6.99. The summed E-state index contributed by atoms with van der Waals surface area (Å²) in [5.41, 5.74) is 5.47. The summed E-state index contributed by atoms with van der Waals surface area (Å²) >= 11 is 0. The van der Waals surface area contributed by atoms with Gasteiger partial charge in [-0.2, -0.15) is 0 Å². The highest BCUT2D eigenvalue weighted by atomic mass is 19.1. The fourth-order valence-corrected chi connectivity index (χ4v) is 1.48. The summed E-state index contributed by atoms with van der Waals surface area (Å²) in [5, 5.41) is 0. The molecule has 7 heteroatoms. The number of aromatic nitrogens is 2. The summed E-state index contributed by atoms with van der Waals surface area (Å²) in [6.07, 6.45) is 5.82. The summed E-state index contributed by atoms with van der Waals surface area (Å²) in [6.45, 7) is 0. The van der Waals surface area contributed by atoms with Crippen LogP contribution in [0.3, 0.4) is 0 Å². The number of methoxy groups -OCH3 is 1. The lowest BCUT2D eigenvalue weighted by Crippen LogP contribution is -2.28. The van der Waals surface area contributed by atoms with Crippen LogP contribution in [0.2, 0.25) is 0 Å². The third kappa shape index (κ3) is 4.27. The SMILES string of the molecule is COc1ccc(/C=C/C(=O)NNc2ncccn2)cc1F. The van der Waals surface area contributed by atoms with Crippen LogP contribution < -0.4 is 15.6 Å². The predicted octanol–water partition coefficient (Wildman–Crippen LogP) is 1.78. The van der Waals surface area contributed by atoms with Crippen molar-refractivity contribution in [1.29, 1.82) is 0 Å². The Bertz CT molecular complexity index is 647. The maximum Gasteiger partial charge on any atom is 0.262 e. The number of rotatable bonds is 5. The van der Waals surface area contributed by atoms with Crippen molar-refractivity contribution in [2.75, 3.05) is 12.5 Å². The van der Waals surface area contributed by atoms with Crippen molar-refractivity contribution in [1.82, 2.24) is 15.4 Å². The molecule has 108 valence electrons. The Kier molecular flexibility index (Phi) is 4.81. The average Bonchev–Trinajstić information content (AvgIpc) is 2.52. The number of hydrazine groups is 1. The number of hydrogen-bond acceptors (Lipinski definition) is 5. The molecular formula is C14H13FN4O2. The number of hydrogen-bond donors (Lipinski definition) is 2. The van der Waals surface area contributed by atoms with Gasteiger partial charge in [-0.25, -0.2) is 14.4 Å². The van der Waals surface area contributed by atoms with Gasteiger partial charge in [-0.1, -0.05) is 6.07 Å². The Morgan fingerprint density at radius 3 is 2.76 bits per heavy atom. The van der Waals surface area contributed by atoms with Gasteiger partial charge in [0, 0.05) is 18.5 Å². The molecule has 1 aromatic carbocycles. The van der Waals surface area contributed by atoms with Crippen LogP contribution in [0.5, 0.6) is 5.75 Å². The highest BCUT2D eigenvalue weighted by Gasteiger charge is 2.02. The Hall–Kier alpha value is -2.96. The van der Waals surface area contributed by atoms with Crippen molar-refractivity contribution < 1.29 is 13.9 Å². The molecule has 1 heterocycles. The second-order valence-electron chi connectivity index (χ2n) is 3.91. The first kappa shape index (κ1) is 14.4. The smallest absolute Gasteiger partial charge is 0.262 e. The molecular weight excluding hydrogens is 275 g/mol. The lowest BCUT2D eigenvalue weighted by atomic mass is 10.2. The van der Waals surface area contributed by atoms with Gasteiger partial charge in [0.15, 0.2) is 11.6 Å². The van der Waals surface area contributed by atoms with Gasteiger partial charge in [0.2, 0.25) is 5.95 Å². The molecule has 1 amide bonds. The van der Waals surface area contributed by atoms with E-state index in [9.17, 15) is 9.18 Å². The minimum absolute atomic E-state index is 0.152. The standard InChI is InChI=1S/C14H13FN4O2/c1-21-12-5-3-10(9-11(12)15)4-6-13(20)18-19-14-16-7-2-8-17-14/h2-9H,1H3,(H,18,20)(H,16,17,19)/b6-4+. The number of nitrogens with one attached hydrogen (secondary N) is 2. The van der Waals surface area contributed by atoms with Crippen molar-refractivity contribution in [2.24, 2.45) is 0 Å². The molecule has 1 aromatic heterocycles. The van der Waals surface area contributed by atoms with Gasteiger partial charge >= 0.3 is 0 Å². The molecule has 0 bridgehead atoms. The molecule has 0 fully saturated rings. The maximum absolute atomic E-state index is 13.5. The van der Waals surface area contributed by atoms with Gasteiger partial charge in [0.05, 0.1) is 7.11 Å². The van der Waals surface area contributed by atoms with E-state index >= 15 is 0 Å². The molecule has 2 aromatic rings. The number of benzene rings is 1. The fourth-order valence-electron chi connectivity index (χ4n) is 1.48. The van der Waals surface area contributed by atoms with E-state index in [1.807, 2.05) is 0 Å². The first-order valence-electron chi connectivity index (χ1n) is 6.03. The summed E-state index contributed by atoms with van der Waals surface area (Å²) in [7, 11) is 1.39. The van der Waals surface area contributed by atoms with E-state index in [1.165, 1.54) is 43.8 Å². The molecule has 0 saturated heterocycles. The van der Waals surface area contributed by atoms with E-state index in [1.54, 1.807) is 12.1 Å². The molecule has 2 N–H and O–H groups in total. The number of carbonyl (C=O) groups excluding carboxylic acids is 1. The van der Waals surface area contributed by atoms with Crippen molar-refractivity contribution in [3.8, 4) is 5.75 Å². The van der Waals surface area contributed by atoms with Crippen molar-refractivity contribution in [3.05, 3.63) is 54.1 Å². The summed E-state index contributed by atoms with van der Waals surface area (Å²) < 4.78 is 18.3. The topological polar surface area (TPSA) is 76.1 Å². The molecule has 0 saturated carbocycles. The van der Waals surface area contributed by atoms with Gasteiger partial charge in [0.25, 0.3) is 5.91 Å². The number of carbonyl (C=O) groups is 1.